The first-order valence-electron chi connectivity index (χ1n) is 7.44. The summed E-state index contributed by atoms with van der Waals surface area (Å²) in [6.45, 7) is 0.320. The number of furan rings is 1. The molecule has 0 atom stereocenters. The third-order valence-corrected chi connectivity index (χ3v) is 4.51. The van der Waals surface area contributed by atoms with Gasteiger partial charge in [-0.3, -0.25) is 4.79 Å². The van der Waals surface area contributed by atoms with Crippen LogP contribution in [0.3, 0.4) is 0 Å². The van der Waals surface area contributed by atoms with Gasteiger partial charge in [0.25, 0.3) is 5.91 Å². The average Bonchev–Trinajstić information content (AvgIpc) is 3.27. The summed E-state index contributed by atoms with van der Waals surface area (Å²) in [6.07, 6.45) is 0. The van der Waals surface area contributed by atoms with Crippen LogP contribution in [0.2, 0.25) is 0 Å². The molecule has 4 aromatic rings. The van der Waals surface area contributed by atoms with Crippen molar-refractivity contribution < 1.29 is 9.21 Å². The minimum absolute atomic E-state index is 0.261. The highest BCUT2D eigenvalue weighted by Crippen LogP contribution is 2.23. The topological polar surface area (TPSA) is 68.0 Å². The Kier molecular flexibility index (Phi) is 3.80. The number of hydrogen-bond acceptors (Lipinski definition) is 5. The highest BCUT2D eigenvalue weighted by Gasteiger charge is 2.13. The maximum atomic E-state index is 12.2. The number of hydrogen-bond donors (Lipinski definition) is 1. The second kappa shape index (κ2) is 6.25. The van der Waals surface area contributed by atoms with Gasteiger partial charge in [0.1, 0.15) is 15.6 Å². The summed E-state index contributed by atoms with van der Waals surface area (Å²) in [5.74, 6) is 0.0339. The summed E-state index contributed by atoms with van der Waals surface area (Å²) in [7, 11) is 0. The number of para-hydroxylation sites is 1. The van der Waals surface area contributed by atoms with Gasteiger partial charge in [0, 0.05) is 10.9 Å². The molecule has 1 N–H and O–H groups in total. The third kappa shape index (κ3) is 2.91. The molecule has 24 heavy (non-hydrogen) atoms. The van der Waals surface area contributed by atoms with Gasteiger partial charge >= 0.3 is 0 Å². The van der Waals surface area contributed by atoms with Crippen molar-refractivity contribution in [2.75, 3.05) is 0 Å². The van der Waals surface area contributed by atoms with Gasteiger partial charge in [-0.2, -0.15) is 0 Å². The van der Waals surface area contributed by atoms with Gasteiger partial charge in [-0.05, 0) is 12.1 Å². The lowest BCUT2D eigenvalue weighted by Gasteiger charge is -1.98. The summed E-state index contributed by atoms with van der Waals surface area (Å²) < 4.78 is 5.55. The van der Waals surface area contributed by atoms with Crippen molar-refractivity contribution in [1.82, 2.24) is 15.5 Å². The van der Waals surface area contributed by atoms with Crippen LogP contribution in [0.4, 0.5) is 0 Å². The smallest absolute Gasteiger partial charge is 0.287 e. The summed E-state index contributed by atoms with van der Waals surface area (Å²) in [5, 5.41) is 13.6. The number of nitrogens with zero attached hydrogens (tertiary/aromatic N) is 2. The van der Waals surface area contributed by atoms with E-state index in [1.54, 1.807) is 6.07 Å². The molecule has 0 aliphatic heterocycles. The molecule has 118 valence electrons. The van der Waals surface area contributed by atoms with Crippen LogP contribution in [0.25, 0.3) is 21.5 Å². The molecule has 2 heterocycles. The van der Waals surface area contributed by atoms with Crippen LogP contribution in [0.1, 0.15) is 15.6 Å². The van der Waals surface area contributed by atoms with Crippen LogP contribution in [0.5, 0.6) is 0 Å². The Morgan fingerprint density at radius 1 is 1.04 bits per heavy atom. The molecule has 0 spiro atoms. The van der Waals surface area contributed by atoms with E-state index in [0.717, 1.165) is 21.0 Å². The van der Waals surface area contributed by atoms with Crippen LogP contribution >= 0.6 is 11.3 Å². The van der Waals surface area contributed by atoms with Crippen molar-refractivity contribution in [3.63, 3.8) is 0 Å². The standard InChI is InChI=1S/C18H13N3O2S/c22-17(15-10-13-8-4-5-9-14(13)23-15)19-11-16-20-21-18(24-16)12-6-2-1-3-7-12/h1-10H,11H2,(H,19,22). The van der Waals surface area contributed by atoms with E-state index < -0.39 is 0 Å². The minimum Gasteiger partial charge on any atom is -0.451 e. The molecule has 5 nitrogen and oxygen atoms in total. The van der Waals surface area contributed by atoms with Crippen LogP contribution in [0, 0.1) is 0 Å². The molecule has 0 aliphatic rings. The second-order valence-corrected chi connectivity index (χ2v) is 6.26. The monoisotopic (exact) mass is 335 g/mol. The van der Waals surface area contributed by atoms with E-state index in [1.807, 2.05) is 54.6 Å². The fourth-order valence-electron chi connectivity index (χ4n) is 2.36. The Labute approximate surface area is 142 Å². The van der Waals surface area contributed by atoms with Crippen LogP contribution in [0.15, 0.2) is 65.1 Å². The summed E-state index contributed by atoms with van der Waals surface area (Å²) in [6, 6.07) is 19.1. The highest BCUT2D eigenvalue weighted by molar-refractivity contribution is 7.14. The first-order valence-corrected chi connectivity index (χ1v) is 8.26. The Morgan fingerprint density at radius 2 is 1.83 bits per heavy atom. The molecular weight excluding hydrogens is 322 g/mol. The second-order valence-electron chi connectivity index (χ2n) is 5.20. The Balaban J connectivity index is 1.45. The molecule has 0 unspecified atom stereocenters. The molecule has 0 bridgehead atoms. The van der Waals surface area contributed by atoms with E-state index >= 15 is 0 Å². The third-order valence-electron chi connectivity index (χ3n) is 3.54. The van der Waals surface area contributed by atoms with E-state index in [4.69, 9.17) is 4.42 Å². The van der Waals surface area contributed by atoms with Crippen LogP contribution in [-0.2, 0) is 6.54 Å². The van der Waals surface area contributed by atoms with Crippen molar-refractivity contribution in [1.29, 1.82) is 0 Å². The van der Waals surface area contributed by atoms with Crippen molar-refractivity contribution in [2.24, 2.45) is 0 Å². The molecule has 0 radical (unpaired) electrons. The summed E-state index contributed by atoms with van der Waals surface area (Å²) >= 11 is 1.46. The molecular formula is C18H13N3O2S. The SMILES string of the molecule is O=C(NCc1nnc(-c2ccccc2)s1)c1cc2ccccc2o1. The Morgan fingerprint density at radius 3 is 2.67 bits per heavy atom. The fraction of sp³-hybridized carbons (Fsp3) is 0.0556. The van der Waals surface area contributed by atoms with Gasteiger partial charge in [0.2, 0.25) is 0 Å². The van der Waals surface area contributed by atoms with E-state index in [0.29, 0.717) is 17.9 Å². The number of carbonyl (C=O) groups is 1. The number of rotatable bonds is 4. The normalized spacial score (nSPS) is 10.8. The molecule has 0 aliphatic carbocycles. The zero-order valence-electron chi connectivity index (χ0n) is 12.6. The Hall–Kier alpha value is -2.99. The number of fused-ring (bicyclic) bond motifs is 1. The van der Waals surface area contributed by atoms with Crippen molar-refractivity contribution in [3.8, 4) is 10.6 Å². The minimum atomic E-state index is -0.261. The van der Waals surface area contributed by atoms with Crippen molar-refractivity contribution in [2.45, 2.75) is 6.54 Å². The lowest BCUT2D eigenvalue weighted by atomic mass is 10.2. The van der Waals surface area contributed by atoms with Gasteiger partial charge in [-0.1, -0.05) is 59.9 Å². The predicted octanol–water partition coefficient (Wildman–Crippen LogP) is 3.88. The molecule has 2 aromatic carbocycles. The fourth-order valence-corrected chi connectivity index (χ4v) is 3.14. The largest absolute Gasteiger partial charge is 0.451 e. The maximum absolute atomic E-state index is 12.2. The van der Waals surface area contributed by atoms with Crippen molar-refractivity contribution >= 4 is 28.2 Å². The van der Waals surface area contributed by atoms with Gasteiger partial charge in [0.05, 0.1) is 6.54 Å². The number of aromatic nitrogens is 2. The average molecular weight is 335 g/mol. The molecule has 0 fully saturated rings. The first kappa shape index (κ1) is 14.6. The van der Waals surface area contributed by atoms with Gasteiger partial charge in [0.15, 0.2) is 5.76 Å². The van der Waals surface area contributed by atoms with E-state index in [2.05, 4.69) is 15.5 Å². The van der Waals surface area contributed by atoms with Crippen LogP contribution in [-0.4, -0.2) is 16.1 Å². The Bertz CT molecular complexity index is 959. The molecule has 2 aromatic heterocycles. The number of amides is 1. The summed E-state index contributed by atoms with van der Waals surface area (Å²) in [5.41, 5.74) is 1.72. The lowest BCUT2D eigenvalue weighted by molar-refractivity contribution is 0.0925. The van der Waals surface area contributed by atoms with Crippen molar-refractivity contribution in [3.05, 3.63) is 71.4 Å². The number of carbonyl (C=O) groups excluding carboxylic acids is 1. The van der Waals surface area contributed by atoms with Gasteiger partial charge < -0.3 is 9.73 Å². The van der Waals surface area contributed by atoms with Gasteiger partial charge in [-0.25, -0.2) is 0 Å². The number of nitrogens with one attached hydrogen (secondary N) is 1. The van der Waals surface area contributed by atoms with E-state index in [-0.39, 0.29) is 5.91 Å². The summed E-state index contributed by atoms with van der Waals surface area (Å²) in [4.78, 5) is 12.2. The van der Waals surface area contributed by atoms with Gasteiger partial charge in [-0.15, -0.1) is 10.2 Å². The molecule has 0 saturated carbocycles. The van der Waals surface area contributed by atoms with E-state index in [1.165, 1.54) is 11.3 Å². The first-order chi connectivity index (χ1) is 11.8. The molecule has 0 saturated heterocycles. The zero-order valence-corrected chi connectivity index (χ0v) is 13.4. The lowest BCUT2D eigenvalue weighted by Crippen LogP contribution is -2.22. The molecule has 4 rings (SSSR count). The molecule has 1 amide bonds. The van der Waals surface area contributed by atoms with E-state index in [9.17, 15) is 4.79 Å². The molecule has 6 heteroatoms. The highest BCUT2D eigenvalue weighted by atomic mass is 32.1. The van der Waals surface area contributed by atoms with Crippen LogP contribution < -0.4 is 5.32 Å². The zero-order chi connectivity index (χ0) is 16.4. The maximum Gasteiger partial charge on any atom is 0.287 e. The number of benzene rings is 2. The quantitative estimate of drug-likeness (QED) is 0.614. The predicted molar refractivity (Wildman–Crippen MR) is 92.7 cm³/mol.